The Morgan fingerprint density at radius 3 is 1.56 bits per heavy atom. The fourth-order valence-electron chi connectivity index (χ4n) is 5.31. The van der Waals surface area contributed by atoms with E-state index in [1.165, 1.54) is 34.4 Å². The quantitative estimate of drug-likeness (QED) is 0.0692. The van der Waals surface area contributed by atoms with Crippen molar-refractivity contribution in [2.75, 3.05) is 36.9 Å². The van der Waals surface area contributed by atoms with E-state index in [0.717, 1.165) is 0 Å². The number of ether oxygens (including phenoxy) is 2. The summed E-state index contributed by atoms with van der Waals surface area (Å²) in [6.07, 6.45) is -5.74. The molecule has 6 heterocycles. The second-order valence-electron chi connectivity index (χ2n) is 10.2. The lowest BCUT2D eigenvalue weighted by Gasteiger charge is -2.15. The van der Waals surface area contributed by atoms with Crippen molar-refractivity contribution in [1.82, 2.24) is 39.0 Å². The molecule has 2 aliphatic heterocycles. The first-order valence-electron chi connectivity index (χ1n) is 14.0. The van der Waals surface area contributed by atoms with Crippen LogP contribution in [0.15, 0.2) is 25.3 Å². The molecule has 2 fully saturated rings. The van der Waals surface area contributed by atoms with Crippen molar-refractivity contribution in [3.63, 3.8) is 0 Å². The molecule has 0 saturated carbocycles. The maximum atomic E-state index is 15.2. The number of halogens is 2. The molecule has 4 aromatic heterocycles. The zero-order valence-corrected chi connectivity index (χ0v) is 27.8. The molecule has 0 aromatic carbocycles. The molecule has 0 bridgehead atoms. The molecular weight excluding hydrogens is 720 g/mol. The number of fused-ring (bicyclic) bond motifs is 2. The number of nitrogens with zero attached hydrogens (tertiary/aromatic N) is 8. The standard InChI is InChI=1S/C24H24F2N10O8P2S2/c25-13-17(43-45(39)47)11(5-37)41-23(13)35-9-33-15-19(29-7-31-21(15)35)27-3-1-2-4-28-20-16-22(32-8-30-20)36(10-34-16)24-14(26)18(44-46(40)48)12(6-38)42-24/h7-14,17-18,23-24,37-38H,3-6H2,(H2-2,27,28,29,30,31,32,39,40,47,48)/p+2/t11-,12?,13-,14-,17-,18-,23-,24-/m1/s1. The van der Waals surface area contributed by atoms with Gasteiger partial charge in [-0.1, -0.05) is 11.8 Å². The van der Waals surface area contributed by atoms with Crippen molar-refractivity contribution >= 4 is 72.9 Å². The Kier molecular flexibility index (Phi) is 10.9. The number of aliphatic hydroxyl groups is 2. The molecule has 2 saturated heterocycles. The van der Waals surface area contributed by atoms with E-state index in [4.69, 9.17) is 18.5 Å². The Morgan fingerprint density at radius 1 is 0.771 bits per heavy atom. The van der Waals surface area contributed by atoms with E-state index in [1.807, 2.05) is 0 Å². The summed E-state index contributed by atoms with van der Waals surface area (Å²) in [5.41, 5.74) is 1.09. The summed E-state index contributed by atoms with van der Waals surface area (Å²) in [4.78, 5) is 25.3. The van der Waals surface area contributed by atoms with Crippen LogP contribution in [0.25, 0.3) is 22.3 Å². The largest absolute Gasteiger partial charge is 0.582 e. The van der Waals surface area contributed by atoms with Crippen LogP contribution < -0.4 is 10.6 Å². The van der Waals surface area contributed by atoms with Crippen molar-refractivity contribution in [1.29, 1.82) is 0 Å². The topological polar surface area (TPSA) is 223 Å². The summed E-state index contributed by atoms with van der Waals surface area (Å²) < 4.78 is 77.3. The number of anilines is 2. The molecule has 2 aliphatic rings. The molecule has 18 nitrogen and oxygen atoms in total. The fourth-order valence-corrected chi connectivity index (χ4v) is 6.88. The monoisotopic (exact) mass is 746 g/mol. The van der Waals surface area contributed by atoms with Crippen molar-refractivity contribution in [2.45, 2.75) is 49.2 Å². The molecule has 0 amide bonds. The summed E-state index contributed by atoms with van der Waals surface area (Å²) in [6.45, 7) is -0.848. The Morgan fingerprint density at radius 2 is 1.19 bits per heavy atom. The molecule has 3 unspecified atom stereocenters. The van der Waals surface area contributed by atoms with Gasteiger partial charge in [0, 0.05) is 0 Å². The molecular formula is C24H26F2N10O8P2S2+2. The number of imidazole rings is 2. The summed E-state index contributed by atoms with van der Waals surface area (Å²) in [6, 6.07) is 0. The van der Waals surface area contributed by atoms with Crippen LogP contribution in [0, 0.1) is 11.8 Å². The van der Waals surface area contributed by atoms with Gasteiger partial charge in [-0.05, 0) is 9.13 Å². The van der Waals surface area contributed by atoms with Gasteiger partial charge in [-0.2, -0.15) is 0 Å². The summed E-state index contributed by atoms with van der Waals surface area (Å²) in [5.74, 6) is 6.48. The third kappa shape index (κ3) is 6.93. The number of alkyl halides is 2. The van der Waals surface area contributed by atoms with Gasteiger partial charge >= 0.3 is 14.5 Å². The van der Waals surface area contributed by atoms with Crippen LogP contribution in [0.1, 0.15) is 12.5 Å². The Bertz CT molecular complexity index is 1750. The van der Waals surface area contributed by atoms with Gasteiger partial charge in [0.1, 0.15) is 49.4 Å². The van der Waals surface area contributed by atoms with Crippen molar-refractivity contribution in [2.24, 2.45) is 0 Å². The van der Waals surface area contributed by atoms with Crippen molar-refractivity contribution in [3.8, 4) is 11.8 Å². The first-order chi connectivity index (χ1) is 23.2. The molecule has 10 atom stereocenters. The van der Waals surface area contributed by atoms with Crippen LogP contribution in [0.3, 0.4) is 0 Å². The van der Waals surface area contributed by atoms with E-state index in [9.17, 15) is 19.3 Å². The van der Waals surface area contributed by atoms with E-state index < -0.39 is 76.9 Å². The zero-order chi connectivity index (χ0) is 33.9. The van der Waals surface area contributed by atoms with E-state index in [-0.39, 0.29) is 24.4 Å². The van der Waals surface area contributed by atoms with Crippen molar-refractivity contribution in [3.05, 3.63) is 25.3 Å². The van der Waals surface area contributed by atoms with Gasteiger partial charge in [0.2, 0.25) is 0 Å². The van der Waals surface area contributed by atoms with E-state index >= 15 is 8.78 Å². The Balaban J connectivity index is 1.08. The van der Waals surface area contributed by atoms with Crippen LogP contribution in [0.2, 0.25) is 0 Å². The van der Waals surface area contributed by atoms with E-state index in [2.05, 4.69) is 76.9 Å². The highest BCUT2D eigenvalue weighted by atomic mass is 32.7. The predicted molar refractivity (Wildman–Crippen MR) is 170 cm³/mol. The predicted octanol–water partition coefficient (Wildman–Crippen LogP) is 1.89. The second kappa shape index (κ2) is 15.1. The molecule has 0 radical (unpaired) electrons. The molecule has 254 valence electrons. The molecule has 4 N–H and O–H groups in total. The number of aliphatic hydroxyl groups excluding tert-OH is 2. The highest BCUT2D eigenvalue weighted by Gasteiger charge is 2.52. The first-order valence-corrected chi connectivity index (χ1v) is 18.6. The summed E-state index contributed by atoms with van der Waals surface area (Å²) in [5, 5.41) is 25.2. The molecule has 0 spiro atoms. The molecule has 0 aliphatic carbocycles. The summed E-state index contributed by atoms with van der Waals surface area (Å²) >= 11 is 7.33. The summed E-state index contributed by atoms with van der Waals surface area (Å²) in [7, 11) is -4.88. The minimum Gasteiger partial charge on any atom is -0.394 e. The van der Waals surface area contributed by atoms with E-state index in [1.54, 1.807) is 0 Å². The van der Waals surface area contributed by atoms with Crippen LogP contribution in [-0.2, 0) is 27.7 Å². The average molecular weight is 747 g/mol. The highest BCUT2D eigenvalue weighted by molar-refractivity contribution is 8.39. The van der Waals surface area contributed by atoms with E-state index in [0.29, 0.717) is 22.7 Å². The molecule has 6 rings (SSSR count). The number of hydrogen-bond donors (Lipinski definition) is 6. The zero-order valence-electron chi connectivity index (χ0n) is 24.2. The smallest absolute Gasteiger partial charge is 0.394 e. The molecule has 24 heteroatoms. The van der Waals surface area contributed by atoms with Crippen molar-refractivity contribution < 1.29 is 46.6 Å². The number of rotatable bonds is 12. The van der Waals surface area contributed by atoms with Gasteiger partial charge in [-0.25, -0.2) is 38.7 Å². The minimum absolute atomic E-state index is 0.141. The number of nitrogens with one attached hydrogen (secondary N) is 2. The fraction of sp³-hybridized carbons (Fsp3) is 0.500. The number of aromatic nitrogens is 8. The third-order valence-corrected chi connectivity index (χ3v) is 8.81. The van der Waals surface area contributed by atoms with Crippen LogP contribution in [-0.4, -0.2) is 112 Å². The highest BCUT2D eigenvalue weighted by Crippen LogP contribution is 2.42. The first kappa shape index (κ1) is 34.6. The van der Waals surface area contributed by atoms with Gasteiger partial charge in [0.15, 0.2) is 71.0 Å². The SMILES string of the molecule is O=[P+](S)O[C@H]1[C@@H](F)[C@H](n2cnc3c(NCC#CCNc4ncnc5c4ncn5[C@@H]4OC(CO)[C@@H](O[P+](=O)S)[C@H]4F)ncnc32)O[C@@H]1CO. The lowest BCUT2D eigenvalue weighted by molar-refractivity contribution is -0.0427. The molecule has 48 heavy (non-hydrogen) atoms. The molecule has 4 aromatic rings. The maximum absolute atomic E-state index is 15.2. The normalized spacial score (nSPS) is 27.6. The third-order valence-electron chi connectivity index (χ3n) is 7.40. The second-order valence-corrected chi connectivity index (χ2v) is 13.5. The van der Waals surface area contributed by atoms with Crippen LogP contribution in [0.5, 0.6) is 0 Å². The van der Waals surface area contributed by atoms with Gasteiger partial charge in [0.05, 0.1) is 39.0 Å². The lowest BCUT2D eigenvalue weighted by atomic mass is 10.1. The lowest BCUT2D eigenvalue weighted by Crippen LogP contribution is -2.31. The Labute approximate surface area is 281 Å². The van der Waals surface area contributed by atoms with Crippen LogP contribution in [0.4, 0.5) is 20.4 Å². The number of thiol groups is 2. The van der Waals surface area contributed by atoms with Gasteiger partial charge in [-0.15, -0.1) is 9.05 Å². The van der Waals surface area contributed by atoms with Crippen LogP contribution >= 0.6 is 39.0 Å². The average Bonchev–Trinajstić information content (AvgIpc) is 3.83. The number of hydrogen-bond acceptors (Lipinski definition) is 16. The minimum atomic E-state index is -2.44. The van der Waals surface area contributed by atoms with Gasteiger partial charge in [-0.3, -0.25) is 9.13 Å². The maximum Gasteiger partial charge on any atom is 0.582 e. The van der Waals surface area contributed by atoms with Gasteiger partial charge in [0.25, 0.3) is 0 Å². The Hall–Kier alpha value is -3.22. The van der Waals surface area contributed by atoms with Gasteiger partial charge < -0.3 is 30.3 Å².